The third-order valence-electron chi connectivity index (χ3n) is 8.14. The standard InChI is InChI=1S/C32H38N6O5S/c1-19(2)28-30(41)35-23(14-21-8-5-4-6-9-21)16-37(32(43)22-11-12-26-24(15-22)33-18-44-26)17-27(39)34-20(3)31(42)38-13-7-10-25(38)29(40)36-28/h4-6,8-9,11-12,15,18-20,23,25,28H,7,10,13-14,16-17H2,1-3H3,(H,34,39)(H,35,41)(H,36,40)/t20-,23-,25+,28-/m0/s1. The van der Waals surface area contributed by atoms with Crippen molar-refractivity contribution in [2.24, 2.45) is 5.92 Å². The molecular weight excluding hydrogens is 580 g/mol. The molecule has 12 heteroatoms. The fraction of sp³-hybridized carbons (Fsp3) is 0.438. The summed E-state index contributed by atoms with van der Waals surface area (Å²) < 4.78 is 0.930. The van der Waals surface area contributed by atoms with E-state index in [4.69, 9.17) is 0 Å². The minimum absolute atomic E-state index is 0.0117. The first-order valence-electron chi connectivity index (χ1n) is 15.0. The SMILES string of the molecule is CC(C)[C@@H]1NC(=O)[C@H]2CCCN2C(=O)[C@H](C)NC(=O)CN(C(=O)c2ccc3scnc3c2)C[C@H](Cc2ccccc2)NC1=O. The van der Waals surface area contributed by atoms with Gasteiger partial charge >= 0.3 is 0 Å². The van der Waals surface area contributed by atoms with Crippen molar-refractivity contribution >= 4 is 51.1 Å². The first-order valence-corrected chi connectivity index (χ1v) is 15.9. The number of carbonyl (C=O) groups excluding carboxylic acids is 5. The van der Waals surface area contributed by atoms with Gasteiger partial charge in [-0.3, -0.25) is 24.0 Å². The molecule has 0 unspecified atom stereocenters. The van der Waals surface area contributed by atoms with Crippen LogP contribution in [0, 0.1) is 5.92 Å². The lowest BCUT2D eigenvalue weighted by Crippen LogP contribution is -2.58. The number of hydrogen-bond acceptors (Lipinski definition) is 7. The van der Waals surface area contributed by atoms with E-state index in [1.54, 1.807) is 24.6 Å². The lowest BCUT2D eigenvalue weighted by Gasteiger charge is -2.31. The van der Waals surface area contributed by atoms with Crippen LogP contribution >= 0.6 is 11.3 Å². The number of benzene rings is 2. The quantitative estimate of drug-likeness (QED) is 0.409. The maximum Gasteiger partial charge on any atom is 0.254 e. The molecule has 0 spiro atoms. The van der Waals surface area contributed by atoms with Crippen LogP contribution < -0.4 is 16.0 Å². The van der Waals surface area contributed by atoms with Gasteiger partial charge in [0.15, 0.2) is 0 Å². The number of fused-ring (bicyclic) bond motifs is 2. The zero-order valence-corrected chi connectivity index (χ0v) is 25.9. The summed E-state index contributed by atoms with van der Waals surface area (Å²) in [5.41, 5.74) is 3.67. The Bertz CT molecular complexity index is 1540. The number of nitrogens with zero attached hydrogens (tertiary/aromatic N) is 3. The van der Waals surface area contributed by atoms with Gasteiger partial charge in [-0.15, -0.1) is 11.3 Å². The normalized spacial score (nSPS) is 23.9. The predicted molar refractivity (Wildman–Crippen MR) is 167 cm³/mol. The highest BCUT2D eigenvalue weighted by Crippen LogP contribution is 2.22. The molecule has 0 aliphatic carbocycles. The van der Waals surface area contributed by atoms with Crippen molar-refractivity contribution in [1.29, 1.82) is 0 Å². The number of rotatable bonds is 4. The Labute approximate surface area is 260 Å². The Morgan fingerprint density at radius 1 is 1.02 bits per heavy atom. The zero-order valence-electron chi connectivity index (χ0n) is 25.1. The first kappa shape index (κ1) is 31.1. The second-order valence-electron chi connectivity index (χ2n) is 11.8. The largest absolute Gasteiger partial charge is 0.349 e. The molecule has 3 N–H and O–H groups in total. The number of nitrogens with one attached hydrogen (secondary N) is 3. The molecule has 44 heavy (non-hydrogen) atoms. The Hall–Kier alpha value is -4.32. The van der Waals surface area contributed by atoms with Gasteiger partial charge in [-0.05, 0) is 55.9 Å². The van der Waals surface area contributed by atoms with Crippen LogP contribution in [0.25, 0.3) is 10.2 Å². The Morgan fingerprint density at radius 2 is 1.80 bits per heavy atom. The van der Waals surface area contributed by atoms with E-state index >= 15 is 0 Å². The Morgan fingerprint density at radius 3 is 2.55 bits per heavy atom. The molecule has 0 bridgehead atoms. The summed E-state index contributed by atoms with van der Waals surface area (Å²) in [4.78, 5) is 75.1. The van der Waals surface area contributed by atoms with Crippen molar-refractivity contribution in [2.45, 2.75) is 64.2 Å². The lowest BCUT2D eigenvalue weighted by atomic mass is 10.00. The number of aromatic nitrogens is 1. The van der Waals surface area contributed by atoms with E-state index < -0.39 is 47.8 Å². The number of hydrogen-bond donors (Lipinski definition) is 3. The van der Waals surface area contributed by atoms with Crippen LogP contribution in [0.2, 0.25) is 0 Å². The summed E-state index contributed by atoms with van der Waals surface area (Å²) in [6, 6.07) is 11.7. The number of thiazole rings is 1. The highest BCUT2D eigenvalue weighted by molar-refractivity contribution is 7.16. The Kier molecular flexibility index (Phi) is 9.58. The summed E-state index contributed by atoms with van der Waals surface area (Å²) in [5.74, 6) is -2.35. The predicted octanol–water partition coefficient (Wildman–Crippen LogP) is 2.12. The van der Waals surface area contributed by atoms with Gasteiger partial charge in [0, 0.05) is 18.7 Å². The van der Waals surface area contributed by atoms with Crippen LogP contribution in [0.5, 0.6) is 0 Å². The van der Waals surface area contributed by atoms with Gasteiger partial charge in [0.25, 0.3) is 5.91 Å². The minimum atomic E-state index is -0.912. The highest BCUT2D eigenvalue weighted by Gasteiger charge is 2.39. The lowest BCUT2D eigenvalue weighted by molar-refractivity contribution is -0.142. The molecule has 5 rings (SSSR count). The van der Waals surface area contributed by atoms with Crippen LogP contribution in [0.1, 0.15) is 49.5 Å². The van der Waals surface area contributed by atoms with Gasteiger partial charge in [0.1, 0.15) is 18.1 Å². The third-order valence-corrected chi connectivity index (χ3v) is 8.95. The van der Waals surface area contributed by atoms with Gasteiger partial charge in [0.2, 0.25) is 23.6 Å². The Balaban J connectivity index is 1.51. The van der Waals surface area contributed by atoms with Gasteiger partial charge in [0.05, 0.1) is 28.3 Å². The van der Waals surface area contributed by atoms with Gasteiger partial charge in [-0.1, -0.05) is 44.2 Å². The summed E-state index contributed by atoms with van der Waals surface area (Å²) in [7, 11) is 0. The molecule has 3 heterocycles. The van der Waals surface area contributed by atoms with Crippen LogP contribution in [-0.4, -0.2) is 88.1 Å². The zero-order chi connectivity index (χ0) is 31.4. The average molecular weight is 619 g/mol. The molecule has 5 amide bonds. The van der Waals surface area contributed by atoms with Crippen molar-refractivity contribution in [3.63, 3.8) is 0 Å². The van der Waals surface area contributed by atoms with Crippen LogP contribution in [-0.2, 0) is 25.6 Å². The molecule has 1 aromatic heterocycles. The second kappa shape index (κ2) is 13.5. The molecule has 11 nitrogen and oxygen atoms in total. The molecule has 2 aliphatic rings. The average Bonchev–Trinajstić information content (AvgIpc) is 3.68. The summed E-state index contributed by atoms with van der Waals surface area (Å²) in [6.45, 7) is 5.32. The molecule has 4 atom stereocenters. The van der Waals surface area contributed by atoms with Crippen molar-refractivity contribution in [3.8, 4) is 0 Å². The van der Waals surface area contributed by atoms with E-state index in [1.165, 1.54) is 21.1 Å². The minimum Gasteiger partial charge on any atom is -0.349 e. The van der Waals surface area contributed by atoms with E-state index in [2.05, 4.69) is 20.9 Å². The van der Waals surface area contributed by atoms with Crippen LogP contribution in [0.3, 0.4) is 0 Å². The maximum atomic E-state index is 14.0. The summed E-state index contributed by atoms with van der Waals surface area (Å²) >= 11 is 1.46. The molecule has 0 radical (unpaired) electrons. The summed E-state index contributed by atoms with van der Waals surface area (Å²) in [6.07, 6.45) is 1.48. The topological polar surface area (TPSA) is 141 Å². The molecule has 2 fully saturated rings. The van der Waals surface area contributed by atoms with Crippen molar-refractivity contribution in [1.82, 2.24) is 30.7 Å². The molecule has 2 aliphatic heterocycles. The van der Waals surface area contributed by atoms with E-state index in [0.29, 0.717) is 36.9 Å². The van der Waals surface area contributed by atoms with E-state index in [-0.39, 0.29) is 24.9 Å². The van der Waals surface area contributed by atoms with E-state index in [0.717, 1.165) is 10.3 Å². The summed E-state index contributed by atoms with van der Waals surface area (Å²) in [5, 5.41) is 8.70. The maximum absolute atomic E-state index is 14.0. The van der Waals surface area contributed by atoms with Crippen LogP contribution in [0.15, 0.2) is 54.0 Å². The fourth-order valence-corrected chi connectivity index (χ4v) is 6.53. The van der Waals surface area contributed by atoms with E-state index in [9.17, 15) is 24.0 Å². The number of amides is 5. The molecule has 3 aromatic rings. The molecule has 0 saturated carbocycles. The fourth-order valence-electron chi connectivity index (χ4n) is 5.87. The van der Waals surface area contributed by atoms with E-state index in [1.807, 2.05) is 50.2 Å². The molecule has 232 valence electrons. The molecule has 2 saturated heterocycles. The molecule has 2 aromatic carbocycles. The highest BCUT2D eigenvalue weighted by atomic mass is 32.1. The number of carbonyl (C=O) groups is 5. The second-order valence-corrected chi connectivity index (χ2v) is 12.7. The van der Waals surface area contributed by atoms with Crippen molar-refractivity contribution < 1.29 is 24.0 Å². The van der Waals surface area contributed by atoms with Crippen molar-refractivity contribution in [2.75, 3.05) is 19.6 Å². The monoisotopic (exact) mass is 618 g/mol. The third kappa shape index (κ3) is 7.07. The smallest absolute Gasteiger partial charge is 0.254 e. The first-order chi connectivity index (χ1) is 21.1. The van der Waals surface area contributed by atoms with Gasteiger partial charge in [-0.25, -0.2) is 4.98 Å². The van der Waals surface area contributed by atoms with Crippen LogP contribution in [0.4, 0.5) is 0 Å². The van der Waals surface area contributed by atoms with Gasteiger partial charge < -0.3 is 25.8 Å². The molecular formula is C32H38N6O5S. The van der Waals surface area contributed by atoms with Crippen molar-refractivity contribution in [3.05, 3.63) is 65.2 Å². The van der Waals surface area contributed by atoms with Gasteiger partial charge in [-0.2, -0.15) is 0 Å².